The van der Waals surface area contributed by atoms with Gasteiger partial charge in [0.15, 0.2) is 11.6 Å². The number of halogens is 1. The third kappa shape index (κ3) is 3.42. The van der Waals surface area contributed by atoms with E-state index in [9.17, 15) is 9.18 Å². The maximum absolute atomic E-state index is 13.9. The van der Waals surface area contributed by atoms with E-state index in [1.165, 1.54) is 7.11 Å². The first-order valence-electron chi connectivity index (χ1n) is 5.27. The molecule has 0 bridgehead atoms. The fourth-order valence-electron chi connectivity index (χ4n) is 1.62. The molecule has 0 saturated carbocycles. The zero-order valence-corrected chi connectivity index (χ0v) is 9.87. The average molecular weight is 241 g/mol. The van der Waals surface area contributed by atoms with Crippen molar-refractivity contribution in [3.05, 3.63) is 29.1 Å². The number of rotatable bonds is 5. The molecule has 0 amide bonds. The summed E-state index contributed by atoms with van der Waals surface area (Å²) in [5.74, 6) is -1.33. The first kappa shape index (κ1) is 13.4. The highest BCUT2D eigenvalue weighted by atomic mass is 19.1. The molecule has 1 atom stereocenters. The molecule has 17 heavy (non-hydrogen) atoms. The van der Waals surface area contributed by atoms with E-state index >= 15 is 0 Å². The third-order valence-corrected chi connectivity index (χ3v) is 2.50. The molecule has 1 rings (SSSR count). The molecule has 1 unspecified atom stereocenters. The van der Waals surface area contributed by atoms with Gasteiger partial charge in [-0.25, -0.2) is 4.39 Å². The molecule has 0 aliphatic rings. The number of carbonyl (C=O) groups is 1. The van der Waals surface area contributed by atoms with E-state index in [1.807, 2.05) is 0 Å². The van der Waals surface area contributed by atoms with Gasteiger partial charge in [-0.2, -0.15) is 0 Å². The van der Waals surface area contributed by atoms with Gasteiger partial charge >= 0.3 is 5.97 Å². The van der Waals surface area contributed by atoms with Crippen LogP contribution in [0.15, 0.2) is 12.1 Å². The number of carboxylic acids is 1. The first-order valence-corrected chi connectivity index (χ1v) is 5.27. The Bertz CT molecular complexity index is 420. The molecule has 4 nitrogen and oxygen atoms in total. The molecule has 0 fully saturated rings. The summed E-state index contributed by atoms with van der Waals surface area (Å²) in [5.41, 5.74) is 6.90. The van der Waals surface area contributed by atoms with Crippen LogP contribution in [0.2, 0.25) is 0 Å². The van der Waals surface area contributed by atoms with E-state index in [4.69, 9.17) is 15.6 Å². The quantitative estimate of drug-likeness (QED) is 0.827. The SMILES string of the molecule is COc1cc(C)cc(C(N)CCC(=O)O)c1F. The van der Waals surface area contributed by atoms with Gasteiger partial charge < -0.3 is 15.6 Å². The van der Waals surface area contributed by atoms with Crippen molar-refractivity contribution < 1.29 is 19.0 Å². The lowest BCUT2D eigenvalue weighted by atomic mass is 10.00. The second-order valence-corrected chi connectivity index (χ2v) is 3.91. The highest BCUT2D eigenvalue weighted by Crippen LogP contribution is 2.28. The minimum atomic E-state index is -0.944. The van der Waals surface area contributed by atoms with Crippen LogP contribution in [0.3, 0.4) is 0 Å². The van der Waals surface area contributed by atoms with E-state index in [2.05, 4.69) is 0 Å². The summed E-state index contributed by atoms with van der Waals surface area (Å²) >= 11 is 0. The van der Waals surface area contributed by atoms with Gasteiger partial charge in [0.1, 0.15) is 0 Å². The van der Waals surface area contributed by atoms with Crippen LogP contribution in [-0.4, -0.2) is 18.2 Å². The van der Waals surface area contributed by atoms with Gasteiger partial charge in [-0.1, -0.05) is 6.07 Å². The summed E-state index contributed by atoms with van der Waals surface area (Å²) < 4.78 is 18.8. The summed E-state index contributed by atoms with van der Waals surface area (Å²) in [6.45, 7) is 1.80. The van der Waals surface area contributed by atoms with Gasteiger partial charge in [0.25, 0.3) is 0 Å². The van der Waals surface area contributed by atoms with Gasteiger partial charge in [-0.05, 0) is 25.0 Å². The lowest BCUT2D eigenvalue weighted by Gasteiger charge is -2.15. The monoisotopic (exact) mass is 241 g/mol. The molecule has 0 aliphatic carbocycles. The maximum Gasteiger partial charge on any atom is 0.303 e. The van der Waals surface area contributed by atoms with Crippen molar-refractivity contribution in [1.29, 1.82) is 0 Å². The van der Waals surface area contributed by atoms with Crippen molar-refractivity contribution >= 4 is 5.97 Å². The molecule has 0 heterocycles. The van der Waals surface area contributed by atoms with E-state index < -0.39 is 17.8 Å². The van der Waals surface area contributed by atoms with E-state index in [0.717, 1.165) is 5.56 Å². The van der Waals surface area contributed by atoms with Gasteiger partial charge in [0.2, 0.25) is 0 Å². The summed E-state index contributed by atoms with van der Waals surface area (Å²) in [5, 5.41) is 8.56. The maximum atomic E-state index is 13.9. The number of ether oxygens (including phenoxy) is 1. The van der Waals surface area contributed by atoms with E-state index in [1.54, 1.807) is 19.1 Å². The van der Waals surface area contributed by atoms with E-state index in [0.29, 0.717) is 5.56 Å². The largest absolute Gasteiger partial charge is 0.494 e. The predicted octanol–water partition coefficient (Wildman–Crippen LogP) is 2.01. The fourth-order valence-corrected chi connectivity index (χ4v) is 1.62. The Hall–Kier alpha value is -1.62. The van der Waals surface area contributed by atoms with Crippen LogP contribution in [-0.2, 0) is 4.79 Å². The molecule has 0 aliphatic heterocycles. The lowest BCUT2D eigenvalue weighted by molar-refractivity contribution is -0.137. The molecular formula is C12H16FNO3. The second kappa shape index (κ2) is 5.63. The third-order valence-electron chi connectivity index (χ3n) is 2.50. The molecule has 5 heteroatoms. The second-order valence-electron chi connectivity index (χ2n) is 3.91. The van der Waals surface area contributed by atoms with Crippen molar-refractivity contribution in [3.8, 4) is 5.75 Å². The van der Waals surface area contributed by atoms with Crippen molar-refractivity contribution in [2.24, 2.45) is 5.73 Å². The molecular weight excluding hydrogens is 225 g/mol. The number of methoxy groups -OCH3 is 1. The van der Waals surface area contributed by atoms with Crippen LogP contribution in [0.5, 0.6) is 5.75 Å². The van der Waals surface area contributed by atoms with Gasteiger partial charge in [-0.15, -0.1) is 0 Å². The van der Waals surface area contributed by atoms with Crippen molar-refractivity contribution in [2.45, 2.75) is 25.8 Å². The van der Waals surface area contributed by atoms with Crippen LogP contribution < -0.4 is 10.5 Å². The minimum Gasteiger partial charge on any atom is -0.494 e. The van der Waals surface area contributed by atoms with Crippen LogP contribution in [0.4, 0.5) is 4.39 Å². The van der Waals surface area contributed by atoms with Crippen LogP contribution >= 0.6 is 0 Å². The summed E-state index contributed by atoms with van der Waals surface area (Å²) in [6.07, 6.45) is 0.107. The van der Waals surface area contributed by atoms with Gasteiger partial charge in [0, 0.05) is 18.0 Å². The molecule has 1 aromatic rings. The number of aryl methyl sites for hydroxylation is 1. The molecule has 0 aromatic heterocycles. The van der Waals surface area contributed by atoms with Crippen molar-refractivity contribution in [2.75, 3.05) is 7.11 Å². The van der Waals surface area contributed by atoms with Gasteiger partial charge in [0.05, 0.1) is 7.11 Å². The molecule has 0 spiro atoms. The number of nitrogens with two attached hydrogens (primary N) is 1. The summed E-state index contributed by atoms with van der Waals surface area (Å²) in [7, 11) is 1.38. The Morgan fingerprint density at radius 3 is 2.76 bits per heavy atom. The topological polar surface area (TPSA) is 72.5 Å². The van der Waals surface area contributed by atoms with Crippen molar-refractivity contribution in [3.63, 3.8) is 0 Å². The summed E-state index contributed by atoms with van der Waals surface area (Å²) in [6, 6.07) is 2.55. The Kier molecular flexibility index (Phi) is 4.45. The number of benzene rings is 1. The molecule has 1 aromatic carbocycles. The molecule has 3 N–H and O–H groups in total. The molecule has 0 saturated heterocycles. The zero-order chi connectivity index (χ0) is 13.0. The molecule has 94 valence electrons. The predicted molar refractivity (Wildman–Crippen MR) is 61.5 cm³/mol. The average Bonchev–Trinajstić information content (AvgIpc) is 2.28. The number of carboxylic acid groups (broad SMARTS) is 1. The normalized spacial score (nSPS) is 12.2. The fraction of sp³-hybridized carbons (Fsp3) is 0.417. The highest BCUT2D eigenvalue weighted by molar-refractivity contribution is 5.66. The Balaban J connectivity index is 2.96. The number of hydrogen-bond acceptors (Lipinski definition) is 3. The number of hydrogen-bond donors (Lipinski definition) is 2. The zero-order valence-electron chi connectivity index (χ0n) is 9.87. The van der Waals surface area contributed by atoms with Crippen LogP contribution in [0.1, 0.15) is 30.0 Å². The minimum absolute atomic E-state index is 0.0864. The standard InChI is InChI=1S/C12H16FNO3/c1-7-5-8(9(14)3-4-11(15)16)12(13)10(6-7)17-2/h5-6,9H,3-4,14H2,1-2H3,(H,15,16). The van der Waals surface area contributed by atoms with Gasteiger partial charge in [-0.3, -0.25) is 4.79 Å². The first-order chi connectivity index (χ1) is 7.95. The highest BCUT2D eigenvalue weighted by Gasteiger charge is 2.17. The van der Waals surface area contributed by atoms with E-state index in [-0.39, 0.29) is 18.6 Å². The Morgan fingerprint density at radius 1 is 1.59 bits per heavy atom. The Morgan fingerprint density at radius 2 is 2.24 bits per heavy atom. The smallest absolute Gasteiger partial charge is 0.303 e. The Labute approximate surface area is 99.2 Å². The van der Waals surface area contributed by atoms with Crippen LogP contribution in [0.25, 0.3) is 0 Å². The number of aliphatic carboxylic acids is 1. The molecule has 0 radical (unpaired) electrons. The summed E-state index contributed by atoms with van der Waals surface area (Å²) in [4.78, 5) is 10.4. The lowest BCUT2D eigenvalue weighted by Crippen LogP contribution is -2.14. The van der Waals surface area contributed by atoms with Crippen molar-refractivity contribution in [1.82, 2.24) is 0 Å². The van der Waals surface area contributed by atoms with Crippen LogP contribution in [0, 0.1) is 12.7 Å².